The van der Waals surface area contributed by atoms with Gasteiger partial charge in [-0.15, -0.1) is 0 Å². The first kappa shape index (κ1) is 9.65. The number of rotatable bonds is 3. The van der Waals surface area contributed by atoms with Crippen molar-refractivity contribution in [1.82, 2.24) is 15.5 Å². The normalized spacial score (nSPS) is 27.8. The number of nitrogens with zero attached hydrogens (tertiary/aromatic N) is 2. The summed E-state index contributed by atoms with van der Waals surface area (Å²) in [6.45, 7) is 3.06. The Morgan fingerprint density at radius 3 is 2.86 bits per heavy atom. The molecule has 0 unspecified atom stereocenters. The van der Waals surface area contributed by atoms with E-state index in [1.54, 1.807) is 0 Å². The van der Waals surface area contributed by atoms with Gasteiger partial charge in [0.2, 0.25) is 6.39 Å². The van der Waals surface area contributed by atoms with E-state index in [4.69, 9.17) is 0 Å². The average molecular weight is 195 g/mol. The summed E-state index contributed by atoms with van der Waals surface area (Å²) in [5, 5.41) is 7.23. The van der Waals surface area contributed by atoms with Crippen LogP contribution in [0.25, 0.3) is 0 Å². The Morgan fingerprint density at radius 1 is 1.43 bits per heavy atom. The van der Waals surface area contributed by atoms with Gasteiger partial charge in [-0.1, -0.05) is 12.1 Å². The maximum absolute atomic E-state index is 4.67. The third-order valence-corrected chi connectivity index (χ3v) is 2.97. The molecule has 0 radical (unpaired) electrons. The van der Waals surface area contributed by atoms with Crippen LogP contribution in [-0.2, 0) is 6.54 Å². The minimum Gasteiger partial charge on any atom is -0.343 e. The fourth-order valence-corrected chi connectivity index (χ4v) is 1.97. The lowest BCUT2D eigenvalue weighted by atomic mass is 9.87. The van der Waals surface area contributed by atoms with Gasteiger partial charge in [-0.2, -0.15) is 4.98 Å². The lowest BCUT2D eigenvalue weighted by molar-refractivity contribution is 0.303. The zero-order valence-electron chi connectivity index (χ0n) is 8.57. The van der Waals surface area contributed by atoms with Gasteiger partial charge >= 0.3 is 0 Å². The summed E-state index contributed by atoms with van der Waals surface area (Å²) in [6, 6.07) is 0.643. The second kappa shape index (κ2) is 4.55. The molecule has 0 aromatic carbocycles. The first-order valence-corrected chi connectivity index (χ1v) is 5.33. The molecule has 0 aliphatic heterocycles. The van der Waals surface area contributed by atoms with E-state index in [-0.39, 0.29) is 0 Å². The van der Waals surface area contributed by atoms with Crippen LogP contribution in [0.3, 0.4) is 0 Å². The van der Waals surface area contributed by atoms with Crippen LogP contribution in [0, 0.1) is 5.92 Å². The minimum atomic E-state index is 0.643. The summed E-state index contributed by atoms with van der Waals surface area (Å²) in [6.07, 6.45) is 6.60. The molecule has 1 N–H and O–H groups in total. The highest BCUT2D eigenvalue weighted by atomic mass is 16.5. The Balaban J connectivity index is 1.71. The minimum absolute atomic E-state index is 0.643. The predicted molar refractivity (Wildman–Crippen MR) is 52.6 cm³/mol. The molecule has 0 amide bonds. The topological polar surface area (TPSA) is 51.0 Å². The van der Waals surface area contributed by atoms with Crippen molar-refractivity contribution in [3.8, 4) is 0 Å². The fourth-order valence-electron chi connectivity index (χ4n) is 1.97. The molecule has 0 atom stereocenters. The summed E-state index contributed by atoms with van der Waals surface area (Å²) < 4.78 is 4.67. The van der Waals surface area contributed by atoms with Gasteiger partial charge in [0.1, 0.15) is 0 Å². The standard InChI is InChI=1S/C10H17N3O/c1-8-2-4-9(5-3-8)11-6-10-12-7-14-13-10/h7-9,11H,2-6H2,1H3. The van der Waals surface area contributed by atoms with Crippen molar-refractivity contribution in [2.75, 3.05) is 0 Å². The van der Waals surface area contributed by atoms with Crippen molar-refractivity contribution < 1.29 is 4.52 Å². The molecule has 1 aliphatic carbocycles. The van der Waals surface area contributed by atoms with Crippen LogP contribution in [0.2, 0.25) is 0 Å². The fraction of sp³-hybridized carbons (Fsp3) is 0.800. The number of hydrogen-bond acceptors (Lipinski definition) is 4. The van der Waals surface area contributed by atoms with Gasteiger partial charge in [0.15, 0.2) is 5.82 Å². The Morgan fingerprint density at radius 2 is 2.21 bits per heavy atom. The van der Waals surface area contributed by atoms with E-state index in [9.17, 15) is 0 Å². The molecule has 1 aromatic heterocycles. The first-order chi connectivity index (χ1) is 6.84. The van der Waals surface area contributed by atoms with Gasteiger partial charge in [-0.3, -0.25) is 0 Å². The van der Waals surface area contributed by atoms with Crippen molar-refractivity contribution in [1.29, 1.82) is 0 Å². The third-order valence-electron chi connectivity index (χ3n) is 2.97. The number of aromatic nitrogens is 2. The lowest BCUT2D eigenvalue weighted by Gasteiger charge is -2.26. The molecule has 1 aliphatic rings. The zero-order chi connectivity index (χ0) is 9.80. The van der Waals surface area contributed by atoms with E-state index in [1.165, 1.54) is 32.1 Å². The monoisotopic (exact) mass is 195 g/mol. The van der Waals surface area contributed by atoms with E-state index in [2.05, 4.69) is 26.9 Å². The molecule has 1 heterocycles. The molecule has 4 heteroatoms. The second-order valence-electron chi connectivity index (χ2n) is 4.19. The number of nitrogens with one attached hydrogen (secondary N) is 1. The molecule has 0 spiro atoms. The van der Waals surface area contributed by atoms with Crippen LogP contribution in [0.5, 0.6) is 0 Å². The average Bonchev–Trinajstić information content (AvgIpc) is 2.70. The molecule has 4 nitrogen and oxygen atoms in total. The zero-order valence-corrected chi connectivity index (χ0v) is 8.57. The smallest absolute Gasteiger partial charge is 0.213 e. The Kier molecular flexibility index (Phi) is 3.14. The predicted octanol–water partition coefficient (Wildman–Crippen LogP) is 1.74. The molecule has 78 valence electrons. The van der Waals surface area contributed by atoms with Crippen molar-refractivity contribution in [3.63, 3.8) is 0 Å². The van der Waals surface area contributed by atoms with Crippen LogP contribution >= 0.6 is 0 Å². The van der Waals surface area contributed by atoms with E-state index in [0.717, 1.165) is 18.3 Å². The highest BCUT2D eigenvalue weighted by molar-refractivity contribution is 4.81. The van der Waals surface area contributed by atoms with Gasteiger partial charge in [0.25, 0.3) is 0 Å². The SMILES string of the molecule is CC1CCC(NCc2ncon2)CC1. The highest BCUT2D eigenvalue weighted by Crippen LogP contribution is 2.23. The molecule has 1 fully saturated rings. The van der Waals surface area contributed by atoms with E-state index in [0.29, 0.717) is 6.04 Å². The van der Waals surface area contributed by atoms with Crippen LogP contribution in [0.15, 0.2) is 10.9 Å². The Labute approximate surface area is 84.1 Å². The molecular formula is C10H17N3O. The van der Waals surface area contributed by atoms with Crippen molar-refractivity contribution >= 4 is 0 Å². The largest absolute Gasteiger partial charge is 0.343 e. The van der Waals surface area contributed by atoms with Gasteiger partial charge in [0.05, 0.1) is 6.54 Å². The van der Waals surface area contributed by atoms with Gasteiger partial charge in [-0.25, -0.2) is 0 Å². The molecule has 0 saturated heterocycles. The van der Waals surface area contributed by atoms with Crippen molar-refractivity contribution in [3.05, 3.63) is 12.2 Å². The first-order valence-electron chi connectivity index (χ1n) is 5.33. The molecular weight excluding hydrogens is 178 g/mol. The molecule has 1 aromatic rings. The van der Waals surface area contributed by atoms with Crippen LogP contribution in [-0.4, -0.2) is 16.2 Å². The summed E-state index contributed by atoms with van der Waals surface area (Å²) in [5.74, 6) is 1.65. The molecule has 1 saturated carbocycles. The Bertz CT molecular complexity index is 252. The van der Waals surface area contributed by atoms with E-state index >= 15 is 0 Å². The third kappa shape index (κ3) is 2.54. The maximum atomic E-state index is 4.67. The second-order valence-corrected chi connectivity index (χ2v) is 4.19. The highest BCUT2D eigenvalue weighted by Gasteiger charge is 2.17. The van der Waals surface area contributed by atoms with Gasteiger partial charge in [0, 0.05) is 6.04 Å². The molecule has 0 bridgehead atoms. The van der Waals surface area contributed by atoms with Crippen molar-refractivity contribution in [2.45, 2.75) is 45.2 Å². The van der Waals surface area contributed by atoms with E-state index in [1.807, 2.05) is 0 Å². The van der Waals surface area contributed by atoms with Crippen molar-refractivity contribution in [2.24, 2.45) is 5.92 Å². The maximum Gasteiger partial charge on any atom is 0.213 e. The quantitative estimate of drug-likeness (QED) is 0.798. The summed E-state index contributed by atoms with van der Waals surface area (Å²) in [4.78, 5) is 3.98. The summed E-state index contributed by atoms with van der Waals surface area (Å²) >= 11 is 0. The summed E-state index contributed by atoms with van der Waals surface area (Å²) in [5.41, 5.74) is 0. The lowest BCUT2D eigenvalue weighted by Crippen LogP contribution is -2.32. The van der Waals surface area contributed by atoms with E-state index < -0.39 is 0 Å². The van der Waals surface area contributed by atoms with Crippen LogP contribution in [0.4, 0.5) is 0 Å². The Hall–Kier alpha value is -0.900. The molecule has 14 heavy (non-hydrogen) atoms. The van der Waals surface area contributed by atoms with Crippen LogP contribution < -0.4 is 5.32 Å². The van der Waals surface area contributed by atoms with Gasteiger partial charge < -0.3 is 9.84 Å². The van der Waals surface area contributed by atoms with Crippen LogP contribution in [0.1, 0.15) is 38.4 Å². The molecule has 2 rings (SSSR count). The van der Waals surface area contributed by atoms with Gasteiger partial charge in [-0.05, 0) is 31.6 Å². The summed E-state index contributed by atoms with van der Waals surface area (Å²) in [7, 11) is 0. The number of hydrogen-bond donors (Lipinski definition) is 1.